The molecular weight excluding hydrogens is 660 g/mol. The first kappa shape index (κ1) is 33.2. The molecule has 52 heavy (non-hydrogen) atoms. The molecule has 0 spiro atoms. The number of carbonyl (C=O) groups excluding carboxylic acids is 4. The summed E-state index contributed by atoms with van der Waals surface area (Å²) in [5.41, 5.74) is 1.65. The molecule has 6 atom stereocenters. The second-order valence-corrected chi connectivity index (χ2v) is 13.7. The van der Waals surface area contributed by atoms with Crippen LogP contribution in [0.4, 0.5) is 11.4 Å². The maximum Gasteiger partial charge on any atom is 0.269 e. The van der Waals surface area contributed by atoms with Crippen molar-refractivity contribution in [3.8, 4) is 5.75 Å². The molecule has 0 bridgehead atoms. The number of amides is 2. The SMILES string of the molecule is O=C1C(c2ccccc2)=CC(=O)C2(c3ccccc3)C1CC1C(=CCC3C(=O)N(c4ccc([N+](=O)[O-])cc4)C(=O)C31)C2c1ccccc1OCCO. The number of rotatable bonds is 8. The zero-order chi connectivity index (χ0) is 36.1. The standard InChI is InChI=1S/C42H34N2O8/c45-21-22-52-35-14-8-7-13-30(35)38-29-19-20-31-37(41(49)43(40(31)48)27-15-17-28(18-16-27)44(50)51)33(29)23-34-39(47)32(25-9-3-1-4-10-25)24-36(46)42(34,38)26-11-5-2-6-12-26/h1-19,24,31,33-34,37-38,45H,20-23H2. The van der Waals surface area contributed by atoms with Gasteiger partial charge < -0.3 is 9.84 Å². The Kier molecular flexibility index (Phi) is 8.26. The number of nitrogens with zero attached hydrogens (tertiary/aromatic N) is 2. The number of aliphatic hydroxyl groups is 1. The van der Waals surface area contributed by atoms with Crippen molar-refractivity contribution >= 4 is 40.3 Å². The topological polar surface area (TPSA) is 144 Å². The molecule has 4 aliphatic rings. The molecule has 0 aromatic heterocycles. The third kappa shape index (κ3) is 4.97. The minimum absolute atomic E-state index is 0.000788. The van der Waals surface area contributed by atoms with E-state index in [-0.39, 0.29) is 49.0 Å². The van der Waals surface area contributed by atoms with Crippen molar-refractivity contribution in [1.29, 1.82) is 0 Å². The normalized spacial score (nSPS) is 26.6. The Morgan fingerprint density at radius 3 is 2.19 bits per heavy atom. The number of Topliss-reactive ketones (excluding diaryl/α,β-unsaturated/α-hetero) is 1. The van der Waals surface area contributed by atoms with E-state index in [1.807, 2.05) is 66.7 Å². The molecule has 1 aliphatic heterocycles. The van der Waals surface area contributed by atoms with Crippen LogP contribution in [-0.2, 0) is 24.6 Å². The summed E-state index contributed by atoms with van der Waals surface area (Å²) in [6.07, 6.45) is 3.81. The number of non-ortho nitro benzene ring substituents is 1. The van der Waals surface area contributed by atoms with Gasteiger partial charge in [0.15, 0.2) is 11.6 Å². The molecule has 6 unspecified atom stereocenters. The van der Waals surface area contributed by atoms with Crippen LogP contribution in [0.1, 0.15) is 35.4 Å². The molecule has 2 fully saturated rings. The van der Waals surface area contributed by atoms with Crippen molar-refractivity contribution in [2.75, 3.05) is 18.1 Å². The van der Waals surface area contributed by atoms with Crippen LogP contribution in [0.2, 0.25) is 0 Å². The molecule has 0 radical (unpaired) electrons. The van der Waals surface area contributed by atoms with Gasteiger partial charge in [-0.2, -0.15) is 0 Å². The fourth-order valence-electron chi connectivity index (χ4n) is 9.20. The average Bonchev–Trinajstić information content (AvgIpc) is 3.44. The molecule has 260 valence electrons. The van der Waals surface area contributed by atoms with Gasteiger partial charge in [0.1, 0.15) is 12.4 Å². The van der Waals surface area contributed by atoms with Gasteiger partial charge in [0.25, 0.3) is 5.69 Å². The molecule has 1 heterocycles. The Labute approximate surface area is 299 Å². The van der Waals surface area contributed by atoms with E-state index < -0.39 is 51.7 Å². The molecule has 1 N–H and O–H groups in total. The highest BCUT2D eigenvalue weighted by Crippen LogP contribution is 2.64. The van der Waals surface area contributed by atoms with Crippen LogP contribution >= 0.6 is 0 Å². The number of allylic oxidation sites excluding steroid dienone is 4. The van der Waals surface area contributed by atoms with Crippen LogP contribution in [0.25, 0.3) is 5.57 Å². The zero-order valence-corrected chi connectivity index (χ0v) is 28.0. The molecule has 10 nitrogen and oxygen atoms in total. The summed E-state index contributed by atoms with van der Waals surface area (Å²) in [7, 11) is 0. The number of fused-ring (bicyclic) bond motifs is 4. The van der Waals surface area contributed by atoms with Gasteiger partial charge in [0.05, 0.1) is 34.5 Å². The highest BCUT2D eigenvalue weighted by atomic mass is 16.6. The Hall–Kier alpha value is -6.00. The van der Waals surface area contributed by atoms with E-state index in [1.165, 1.54) is 30.3 Å². The van der Waals surface area contributed by atoms with Gasteiger partial charge in [-0.1, -0.05) is 90.5 Å². The van der Waals surface area contributed by atoms with E-state index in [2.05, 4.69) is 0 Å². The van der Waals surface area contributed by atoms with Crippen LogP contribution in [0.3, 0.4) is 0 Å². The lowest BCUT2D eigenvalue weighted by atomic mass is 9.44. The summed E-state index contributed by atoms with van der Waals surface area (Å²) in [6, 6.07) is 31.0. The molecule has 4 aromatic carbocycles. The van der Waals surface area contributed by atoms with Crippen molar-refractivity contribution in [3.63, 3.8) is 0 Å². The summed E-state index contributed by atoms with van der Waals surface area (Å²) in [6.45, 7) is -0.239. The highest BCUT2D eigenvalue weighted by molar-refractivity contribution is 6.32. The number of anilines is 1. The number of carbonyl (C=O) groups is 4. The van der Waals surface area contributed by atoms with Gasteiger partial charge in [-0.25, -0.2) is 0 Å². The van der Waals surface area contributed by atoms with Gasteiger partial charge in [-0.05, 0) is 54.2 Å². The summed E-state index contributed by atoms with van der Waals surface area (Å²) >= 11 is 0. The number of para-hydroxylation sites is 1. The van der Waals surface area contributed by atoms with Crippen LogP contribution < -0.4 is 9.64 Å². The minimum Gasteiger partial charge on any atom is -0.491 e. The summed E-state index contributed by atoms with van der Waals surface area (Å²) in [4.78, 5) is 70.8. The molecule has 1 saturated carbocycles. The minimum atomic E-state index is -1.42. The first-order chi connectivity index (χ1) is 25.3. The third-order valence-electron chi connectivity index (χ3n) is 11.3. The van der Waals surface area contributed by atoms with Gasteiger partial charge in [-0.15, -0.1) is 0 Å². The summed E-state index contributed by atoms with van der Waals surface area (Å²) in [5, 5.41) is 21.1. The number of hydrogen-bond acceptors (Lipinski definition) is 8. The van der Waals surface area contributed by atoms with Crippen molar-refractivity contribution in [2.24, 2.45) is 23.7 Å². The van der Waals surface area contributed by atoms with E-state index in [0.29, 0.717) is 28.0 Å². The van der Waals surface area contributed by atoms with E-state index in [1.54, 1.807) is 24.3 Å². The number of nitro groups is 1. The summed E-state index contributed by atoms with van der Waals surface area (Å²) < 4.78 is 6.09. The summed E-state index contributed by atoms with van der Waals surface area (Å²) in [5.74, 6) is -4.71. The highest BCUT2D eigenvalue weighted by Gasteiger charge is 2.66. The van der Waals surface area contributed by atoms with Crippen LogP contribution in [0.5, 0.6) is 5.75 Å². The third-order valence-corrected chi connectivity index (χ3v) is 11.3. The predicted molar refractivity (Wildman–Crippen MR) is 191 cm³/mol. The Balaban J connectivity index is 1.34. The molecule has 10 heteroatoms. The second-order valence-electron chi connectivity index (χ2n) is 13.7. The zero-order valence-electron chi connectivity index (χ0n) is 28.0. The monoisotopic (exact) mass is 694 g/mol. The lowest BCUT2D eigenvalue weighted by Crippen LogP contribution is -2.58. The first-order valence-corrected chi connectivity index (χ1v) is 17.3. The van der Waals surface area contributed by atoms with Crippen LogP contribution in [0, 0.1) is 33.8 Å². The van der Waals surface area contributed by atoms with Gasteiger partial charge in [0, 0.05) is 35.1 Å². The lowest BCUT2D eigenvalue weighted by molar-refractivity contribution is -0.384. The van der Waals surface area contributed by atoms with E-state index in [0.717, 1.165) is 10.5 Å². The molecule has 8 rings (SSSR count). The first-order valence-electron chi connectivity index (χ1n) is 17.3. The number of nitro benzene ring substituents is 1. The maximum atomic E-state index is 15.2. The molecule has 3 aliphatic carbocycles. The van der Waals surface area contributed by atoms with Crippen molar-refractivity contribution in [3.05, 3.63) is 154 Å². The van der Waals surface area contributed by atoms with E-state index >= 15 is 9.59 Å². The Morgan fingerprint density at radius 2 is 1.50 bits per heavy atom. The number of ketones is 2. The van der Waals surface area contributed by atoms with E-state index in [4.69, 9.17) is 4.74 Å². The largest absolute Gasteiger partial charge is 0.491 e. The van der Waals surface area contributed by atoms with Crippen molar-refractivity contribution < 1.29 is 33.9 Å². The maximum absolute atomic E-state index is 15.2. The molecule has 4 aromatic rings. The number of hydrogen-bond donors (Lipinski definition) is 1. The van der Waals surface area contributed by atoms with Gasteiger partial charge in [-0.3, -0.25) is 34.2 Å². The molecule has 2 amide bonds. The second kappa shape index (κ2) is 13.0. The van der Waals surface area contributed by atoms with E-state index in [9.17, 15) is 24.8 Å². The number of imide groups is 1. The van der Waals surface area contributed by atoms with Crippen molar-refractivity contribution in [1.82, 2.24) is 0 Å². The number of ether oxygens (including phenoxy) is 1. The van der Waals surface area contributed by atoms with Crippen LogP contribution in [0.15, 0.2) is 127 Å². The Bertz CT molecular complexity index is 2180. The molecular formula is C42H34N2O8. The lowest BCUT2D eigenvalue weighted by Gasteiger charge is -2.55. The van der Waals surface area contributed by atoms with Crippen molar-refractivity contribution in [2.45, 2.75) is 24.2 Å². The fraction of sp³-hybridized carbons (Fsp3) is 0.238. The number of benzene rings is 4. The van der Waals surface area contributed by atoms with Gasteiger partial charge >= 0.3 is 0 Å². The molecule has 1 saturated heterocycles. The quantitative estimate of drug-likeness (QED) is 0.102. The number of aliphatic hydroxyl groups excluding tert-OH is 1. The predicted octanol–water partition coefficient (Wildman–Crippen LogP) is 5.99. The van der Waals surface area contributed by atoms with Crippen LogP contribution in [-0.4, -0.2) is 46.6 Å². The average molecular weight is 695 g/mol. The smallest absolute Gasteiger partial charge is 0.269 e. The fourth-order valence-corrected chi connectivity index (χ4v) is 9.20. The van der Waals surface area contributed by atoms with Gasteiger partial charge in [0.2, 0.25) is 11.8 Å². The Morgan fingerprint density at radius 1 is 0.827 bits per heavy atom.